The summed E-state index contributed by atoms with van der Waals surface area (Å²) in [6.45, 7) is 0. The van der Waals surface area contributed by atoms with Crippen molar-refractivity contribution >= 4 is 33.0 Å². The van der Waals surface area contributed by atoms with Crippen LogP contribution in [0.4, 0.5) is 5.69 Å². The number of carboxylic acids is 1. The van der Waals surface area contributed by atoms with Crippen LogP contribution >= 0.6 is 11.3 Å². The predicted molar refractivity (Wildman–Crippen MR) is 71.0 cm³/mol. The highest BCUT2D eigenvalue weighted by Crippen LogP contribution is 2.24. The van der Waals surface area contributed by atoms with Gasteiger partial charge in [0.15, 0.2) is 5.69 Å². The zero-order valence-electron chi connectivity index (χ0n) is 9.77. The number of aromatic nitrogens is 1. The van der Waals surface area contributed by atoms with Crippen molar-refractivity contribution in [3.8, 4) is 6.07 Å². The van der Waals surface area contributed by atoms with Crippen LogP contribution < -0.4 is 4.72 Å². The lowest BCUT2D eigenvalue weighted by molar-refractivity contribution is 0.0692. The Balaban J connectivity index is 2.39. The summed E-state index contributed by atoms with van der Waals surface area (Å²) in [5, 5.41) is 17.6. The average Bonchev–Trinajstić information content (AvgIpc) is 2.88. The second-order valence-electron chi connectivity index (χ2n) is 3.54. The van der Waals surface area contributed by atoms with Crippen LogP contribution in [0.25, 0.3) is 0 Å². The minimum absolute atomic E-state index is 0.0748. The number of rotatable bonds is 4. The first-order valence-electron chi connectivity index (χ1n) is 5.15. The van der Waals surface area contributed by atoms with Gasteiger partial charge in [-0.15, -0.1) is 11.3 Å². The third kappa shape index (κ3) is 2.76. The van der Waals surface area contributed by atoms with E-state index in [9.17, 15) is 13.2 Å². The number of carboxylic acid groups (broad SMARTS) is 1. The van der Waals surface area contributed by atoms with Gasteiger partial charge in [-0.05, 0) is 24.3 Å². The van der Waals surface area contributed by atoms with Crippen molar-refractivity contribution < 1.29 is 18.3 Å². The van der Waals surface area contributed by atoms with E-state index in [0.29, 0.717) is 0 Å². The molecule has 0 bridgehead atoms. The van der Waals surface area contributed by atoms with Crippen molar-refractivity contribution in [3.05, 3.63) is 41.0 Å². The Labute approximate surface area is 118 Å². The standard InChI is InChI=1S/C11H7N3O4S2/c12-6-7-3-4-9(19-7)20(17,18)14-8-2-1-5-13-10(8)11(15)16/h1-5,14H,(H,15,16). The van der Waals surface area contributed by atoms with Crippen LogP contribution in [0.5, 0.6) is 0 Å². The third-order valence-electron chi connectivity index (χ3n) is 2.21. The molecule has 0 unspecified atom stereocenters. The summed E-state index contributed by atoms with van der Waals surface area (Å²) in [6, 6.07) is 7.20. The molecule has 0 aliphatic heterocycles. The lowest BCUT2D eigenvalue weighted by Crippen LogP contribution is -2.15. The molecule has 0 fully saturated rings. The number of carbonyl (C=O) groups is 1. The zero-order valence-corrected chi connectivity index (χ0v) is 11.4. The molecule has 7 nitrogen and oxygen atoms in total. The van der Waals surface area contributed by atoms with Gasteiger partial charge in [0, 0.05) is 6.20 Å². The Bertz CT molecular complexity index is 805. The molecule has 0 saturated heterocycles. The summed E-state index contributed by atoms with van der Waals surface area (Å²) in [5.74, 6) is -1.34. The van der Waals surface area contributed by atoms with Gasteiger partial charge < -0.3 is 5.11 Å². The Hall–Kier alpha value is -2.44. The fourth-order valence-electron chi connectivity index (χ4n) is 1.38. The quantitative estimate of drug-likeness (QED) is 0.883. The van der Waals surface area contributed by atoms with E-state index < -0.39 is 21.7 Å². The number of anilines is 1. The van der Waals surface area contributed by atoms with E-state index in [1.807, 2.05) is 6.07 Å². The van der Waals surface area contributed by atoms with Crippen LogP contribution in [0.3, 0.4) is 0 Å². The van der Waals surface area contributed by atoms with Crippen LogP contribution in [-0.2, 0) is 10.0 Å². The molecular formula is C11H7N3O4S2. The molecule has 20 heavy (non-hydrogen) atoms. The second kappa shape index (κ2) is 5.28. The molecule has 102 valence electrons. The normalized spacial score (nSPS) is 10.8. The van der Waals surface area contributed by atoms with E-state index in [1.165, 1.54) is 30.5 Å². The number of nitrogens with one attached hydrogen (secondary N) is 1. The molecule has 0 atom stereocenters. The molecule has 0 aliphatic rings. The van der Waals surface area contributed by atoms with Gasteiger partial charge in [-0.2, -0.15) is 5.26 Å². The Morgan fingerprint density at radius 3 is 2.75 bits per heavy atom. The van der Waals surface area contributed by atoms with Crippen molar-refractivity contribution in [1.82, 2.24) is 4.98 Å². The molecule has 9 heteroatoms. The minimum Gasteiger partial charge on any atom is -0.476 e. The Morgan fingerprint density at radius 2 is 2.15 bits per heavy atom. The van der Waals surface area contributed by atoms with E-state index in [2.05, 4.69) is 9.71 Å². The number of sulfonamides is 1. The van der Waals surface area contributed by atoms with Gasteiger partial charge in [-0.3, -0.25) is 4.72 Å². The van der Waals surface area contributed by atoms with Crippen LogP contribution in [0.15, 0.2) is 34.7 Å². The maximum absolute atomic E-state index is 12.1. The predicted octanol–water partition coefficient (Wildman–Crippen LogP) is 1.51. The zero-order chi connectivity index (χ0) is 14.8. The molecule has 2 aromatic rings. The number of nitriles is 1. The topological polar surface area (TPSA) is 120 Å². The lowest BCUT2D eigenvalue weighted by atomic mass is 10.3. The van der Waals surface area contributed by atoms with Gasteiger partial charge in [-0.25, -0.2) is 18.2 Å². The lowest BCUT2D eigenvalue weighted by Gasteiger charge is -2.07. The highest BCUT2D eigenvalue weighted by Gasteiger charge is 2.20. The highest BCUT2D eigenvalue weighted by molar-refractivity contribution is 7.94. The Kier molecular flexibility index (Phi) is 3.69. The largest absolute Gasteiger partial charge is 0.476 e. The van der Waals surface area contributed by atoms with Gasteiger partial charge >= 0.3 is 5.97 Å². The monoisotopic (exact) mass is 309 g/mol. The fraction of sp³-hybridized carbons (Fsp3) is 0. The maximum atomic E-state index is 12.1. The summed E-state index contributed by atoms with van der Waals surface area (Å²) in [7, 11) is -3.94. The van der Waals surface area contributed by atoms with Crippen molar-refractivity contribution in [1.29, 1.82) is 5.26 Å². The van der Waals surface area contributed by atoms with Crippen LogP contribution in [-0.4, -0.2) is 24.5 Å². The molecule has 0 aliphatic carbocycles. The van der Waals surface area contributed by atoms with Crippen molar-refractivity contribution in [2.24, 2.45) is 0 Å². The van der Waals surface area contributed by atoms with E-state index in [1.54, 1.807) is 0 Å². The average molecular weight is 309 g/mol. The number of thiophene rings is 1. The smallest absolute Gasteiger partial charge is 0.356 e. The first-order valence-corrected chi connectivity index (χ1v) is 7.45. The van der Waals surface area contributed by atoms with Crippen LogP contribution in [0, 0.1) is 11.3 Å². The van der Waals surface area contributed by atoms with E-state index >= 15 is 0 Å². The first kappa shape index (κ1) is 14.0. The number of aromatic carboxylic acids is 1. The molecular weight excluding hydrogens is 302 g/mol. The summed E-state index contributed by atoms with van der Waals surface area (Å²) < 4.78 is 26.2. The molecule has 0 spiro atoms. The SMILES string of the molecule is N#Cc1ccc(S(=O)(=O)Nc2cccnc2C(=O)O)s1. The van der Waals surface area contributed by atoms with Gasteiger partial charge in [-0.1, -0.05) is 0 Å². The summed E-state index contributed by atoms with van der Waals surface area (Å²) in [6.07, 6.45) is 1.25. The van der Waals surface area contributed by atoms with Crippen molar-refractivity contribution in [3.63, 3.8) is 0 Å². The maximum Gasteiger partial charge on any atom is 0.356 e. The highest BCUT2D eigenvalue weighted by atomic mass is 32.2. The van der Waals surface area contributed by atoms with Crippen LogP contribution in [0.2, 0.25) is 0 Å². The molecule has 2 heterocycles. The van der Waals surface area contributed by atoms with E-state index in [4.69, 9.17) is 10.4 Å². The number of nitrogens with zero attached hydrogens (tertiary/aromatic N) is 2. The second-order valence-corrected chi connectivity index (χ2v) is 6.53. The number of hydrogen-bond donors (Lipinski definition) is 2. The van der Waals surface area contributed by atoms with Gasteiger partial charge in [0.05, 0.1) is 5.69 Å². The van der Waals surface area contributed by atoms with Gasteiger partial charge in [0.1, 0.15) is 15.2 Å². The molecule has 0 radical (unpaired) electrons. The van der Waals surface area contributed by atoms with Gasteiger partial charge in [0.2, 0.25) is 0 Å². The number of hydrogen-bond acceptors (Lipinski definition) is 6. The van der Waals surface area contributed by atoms with Gasteiger partial charge in [0.25, 0.3) is 10.0 Å². The first-order chi connectivity index (χ1) is 9.44. The molecule has 2 N–H and O–H groups in total. The number of pyridine rings is 1. The molecule has 2 rings (SSSR count). The van der Waals surface area contributed by atoms with E-state index in [-0.39, 0.29) is 14.8 Å². The molecule has 0 saturated carbocycles. The van der Waals surface area contributed by atoms with E-state index in [0.717, 1.165) is 11.3 Å². The molecule has 2 aromatic heterocycles. The summed E-state index contributed by atoms with van der Waals surface area (Å²) in [4.78, 5) is 14.8. The van der Waals surface area contributed by atoms with Crippen molar-refractivity contribution in [2.45, 2.75) is 4.21 Å². The summed E-state index contributed by atoms with van der Waals surface area (Å²) in [5.41, 5.74) is -0.528. The van der Waals surface area contributed by atoms with Crippen LogP contribution in [0.1, 0.15) is 15.4 Å². The van der Waals surface area contributed by atoms with Crippen molar-refractivity contribution in [2.75, 3.05) is 4.72 Å². The fourth-order valence-corrected chi connectivity index (χ4v) is 3.55. The molecule has 0 amide bonds. The minimum atomic E-state index is -3.94. The summed E-state index contributed by atoms with van der Waals surface area (Å²) >= 11 is 0.794. The third-order valence-corrected chi connectivity index (χ3v) is 5.06. The Morgan fingerprint density at radius 1 is 1.40 bits per heavy atom. The molecule has 0 aromatic carbocycles.